The van der Waals surface area contributed by atoms with Gasteiger partial charge in [0.2, 0.25) is 0 Å². The van der Waals surface area contributed by atoms with Gasteiger partial charge in [0.15, 0.2) is 0 Å². The Morgan fingerprint density at radius 1 is 1.83 bits per heavy atom. The first-order valence-corrected chi connectivity index (χ1v) is 3.16. The average molecular weight is 102 g/mol. The van der Waals surface area contributed by atoms with Crippen molar-refractivity contribution in [2.45, 2.75) is 19.4 Å². The predicted molar refractivity (Wildman–Crippen MR) is 28.7 cm³/mol. The van der Waals surface area contributed by atoms with Gasteiger partial charge in [0, 0.05) is 11.8 Å². The predicted octanol–water partition coefficient (Wildman–Crippen LogP) is 1.03. The number of rotatable bonds is 0. The summed E-state index contributed by atoms with van der Waals surface area (Å²) in [5.41, 5.74) is 0. The van der Waals surface area contributed by atoms with E-state index >= 15 is 0 Å². The van der Waals surface area contributed by atoms with Crippen molar-refractivity contribution in [1.29, 1.82) is 0 Å². The van der Waals surface area contributed by atoms with E-state index in [1.807, 2.05) is 0 Å². The van der Waals surface area contributed by atoms with Gasteiger partial charge in [0.1, 0.15) is 0 Å². The molecule has 1 atom stereocenters. The molecule has 1 unspecified atom stereocenters. The largest absolute Gasteiger partial charge is 0.172 e. The molecule has 0 aromatic carbocycles. The molecular formula is C4H8NS. The van der Waals surface area contributed by atoms with Crippen LogP contribution in [0, 0.1) is 0 Å². The molecule has 1 radical (unpaired) electrons. The molecule has 35 valence electrons. The van der Waals surface area contributed by atoms with E-state index in [0.717, 1.165) is 0 Å². The lowest BCUT2D eigenvalue weighted by atomic mass is 10.3. The normalized spacial score (nSPS) is 34.5. The third-order valence-corrected chi connectivity index (χ3v) is 1.81. The zero-order valence-corrected chi connectivity index (χ0v) is 4.66. The molecule has 0 bridgehead atoms. The van der Waals surface area contributed by atoms with E-state index in [-0.39, 0.29) is 0 Å². The minimum atomic E-state index is 0.634. The van der Waals surface area contributed by atoms with Gasteiger partial charge in [0.25, 0.3) is 0 Å². The molecule has 0 aromatic heterocycles. The van der Waals surface area contributed by atoms with Crippen LogP contribution in [0.5, 0.6) is 0 Å². The van der Waals surface area contributed by atoms with Crippen LogP contribution >= 0.6 is 11.9 Å². The van der Waals surface area contributed by atoms with Crippen LogP contribution in [0.15, 0.2) is 0 Å². The van der Waals surface area contributed by atoms with Gasteiger partial charge >= 0.3 is 0 Å². The maximum Gasteiger partial charge on any atom is 0.0348 e. The lowest BCUT2D eigenvalue weighted by Gasteiger charge is -1.90. The quantitative estimate of drug-likeness (QED) is 0.417. The van der Waals surface area contributed by atoms with Crippen LogP contribution < -0.4 is 4.72 Å². The lowest BCUT2D eigenvalue weighted by Crippen LogP contribution is -2.02. The summed E-state index contributed by atoms with van der Waals surface area (Å²) >= 11 is 1.71. The summed E-state index contributed by atoms with van der Waals surface area (Å²) in [7, 11) is 0. The standard InChI is InChI=1S/C4H8NS/c1-4-2-3-6-5-4/h4H,2-3H2,1H3. The molecule has 0 spiro atoms. The maximum absolute atomic E-state index is 4.15. The topological polar surface area (TPSA) is 14.1 Å². The fraction of sp³-hybridized carbons (Fsp3) is 1.00. The third-order valence-electron chi connectivity index (χ3n) is 0.881. The molecule has 0 aromatic rings. The number of hydrogen-bond acceptors (Lipinski definition) is 1. The Bertz CT molecular complexity index is 40.8. The molecule has 1 aliphatic rings. The third kappa shape index (κ3) is 0.884. The first kappa shape index (κ1) is 4.47. The van der Waals surface area contributed by atoms with Gasteiger partial charge in [0.05, 0.1) is 0 Å². The van der Waals surface area contributed by atoms with E-state index in [1.54, 1.807) is 11.9 Å². The van der Waals surface area contributed by atoms with Crippen molar-refractivity contribution >= 4 is 11.9 Å². The smallest absolute Gasteiger partial charge is 0.0348 e. The summed E-state index contributed by atoms with van der Waals surface area (Å²) < 4.78 is 4.15. The highest BCUT2D eigenvalue weighted by molar-refractivity contribution is 7.97. The number of nitrogens with zero attached hydrogens (tertiary/aromatic N) is 1. The Hall–Kier alpha value is 0.310. The van der Waals surface area contributed by atoms with Crippen molar-refractivity contribution < 1.29 is 0 Å². The molecule has 2 heteroatoms. The van der Waals surface area contributed by atoms with Crippen LogP contribution in [0.1, 0.15) is 13.3 Å². The van der Waals surface area contributed by atoms with E-state index in [2.05, 4.69) is 11.6 Å². The molecule has 6 heavy (non-hydrogen) atoms. The zero-order valence-electron chi connectivity index (χ0n) is 3.85. The van der Waals surface area contributed by atoms with Crippen molar-refractivity contribution in [1.82, 2.24) is 4.72 Å². The molecule has 1 heterocycles. The van der Waals surface area contributed by atoms with Gasteiger partial charge < -0.3 is 0 Å². The molecule has 1 nitrogen and oxygen atoms in total. The molecular weight excluding hydrogens is 94.1 g/mol. The summed E-state index contributed by atoms with van der Waals surface area (Å²) in [4.78, 5) is 0. The van der Waals surface area contributed by atoms with Crippen molar-refractivity contribution in [2.75, 3.05) is 5.75 Å². The molecule has 1 fully saturated rings. The fourth-order valence-electron chi connectivity index (χ4n) is 0.456. The molecule has 1 saturated heterocycles. The van der Waals surface area contributed by atoms with Gasteiger partial charge in [-0.2, -0.15) is 4.72 Å². The molecule has 0 saturated carbocycles. The summed E-state index contributed by atoms with van der Waals surface area (Å²) in [6.07, 6.45) is 1.28. The summed E-state index contributed by atoms with van der Waals surface area (Å²) in [5, 5.41) is 0. The van der Waals surface area contributed by atoms with Crippen molar-refractivity contribution in [3.63, 3.8) is 0 Å². The van der Waals surface area contributed by atoms with Crippen LogP contribution in [0.2, 0.25) is 0 Å². The number of hydrogen-bond donors (Lipinski definition) is 0. The van der Waals surface area contributed by atoms with Gasteiger partial charge in [-0.3, -0.25) is 0 Å². The SMILES string of the molecule is CC1CCS[N]1. The molecule has 0 N–H and O–H groups in total. The van der Waals surface area contributed by atoms with Crippen LogP contribution in [0.25, 0.3) is 0 Å². The molecule has 1 aliphatic heterocycles. The second kappa shape index (κ2) is 1.85. The van der Waals surface area contributed by atoms with Crippen LogP contribution in [0.4, 0.5) is 0 Å². The minimum Gasteiger partial charge on any atom is -0.172 e. The van der Waals surface area contributed by atoms with E-state index in [4.69, 9.17) is 0 Å². The lowest BCUT2D eigenvalue weighted by molar-refractivity contribution is 0.701. The van der Waals surface area contributed by atoms with Crippen molar-refractivity contribution in [3.8, 4) is 0 Å². The Kier molecular flexibility index (Phi) is 1.37. The van der Waals surface area contributed by atoms with Crippen LogP contribution in [-0.4, -0.2) is 11.8 Å². The van der Waals surface area contributed by atoms with E-state index in [0.29, 0.717) is 6.04 Å². The Morgan fingerprint density at radius 2 is 2.67 bits per heavy atom. The average Bonchev–Trinajstić information content (AvgIpc) is 1.86. The zero-order chi connectivity index (χ0) is 4.41. The van der Waals surface area contributed by atoms with Crippen LogP contribution in [-0.2, 0) is 0 Å². The summed E-state index contributed by atoms with van der Waals surface area (Å²) in [6, 6.07) is 0.634. The highest BCUT2D eigenvalue weighted by Crippen LogP contribution is 2.13. The van der Waals surface area contributed by atoms with E-state index in [9.17, 15) is 0 Å². The maximum atomic E-state index is 4.15. The minimum absolute atomic E-state index is 0.634. The van der Waals surface area contributed by atoms with Gasteiger partial charge in [-0.05, 0) is 13.3 Å². The molecule has 1 rings (SSSR count). The van der Waals surface area contributed by atoms with Crippen molar-refractivity contribution in [3.05, 3.63) is 0 Å². The van der Waals surface area contributed by atoms with Gasteiger partial charge in [-0.1, -0.05) is 11.9 Å². The second-order valence-electron chi connectivity index (χ2n) is 1.58. The summed E-state index contributed by atoms with van der Waals surface area (Å²) in [5.74, 6) is 1.24. The van der Waals surface area contributed by atoms with Gasteiger partial charge in [-0.25, -0.2) is 0 Å². The highest BCUT2D eigenvalue weighted by atomic mass is 32.2. The Labute approximate surface area is 42.6 Å². The summed E-state index contributed by atoms with van der Waals surface area (Å²) in [6.45, 7) is 2.15. The molecule has 0 aliphatic carbocycles. The van der Waals surface area contributed by atoms with Crippen LogP contribution in [0.3, 0.4) is 0 Å². The Balaban J connectivity index is 2.18. The first-order chi connectivity index (χ1) is 2.89. The van der Waals surface area contributed by atoms with Gasteiger partial charge in [-0.15, -0.1) is 0 Å². The molecule has 0 amide bonds. The van der Waals surface area contributed by atoms with Crippen molar-refractivity contribution in [2.24, 2.45) is 0 Å². The van der Waals surface area contributed by atoms with E-state index in [1.165, 1.54) is 12.2 Å². The Morgan fingerprint density at radius 3 is 2.83 bits per heavy atom. The first-order valence-electron chi connectivity index (χ1n) is 2.22. The fourth-order valence-corrected chi connectivity index (χ4v) is 1.37. The monoisotopic (exact) mass is 102 g/mol. The second-order valence-corrected chi connectivity index (χ2v) is 2.45. The van der Waals surface area contributed by atoms with E-state index < -0.39 is 0 Å². The highest BCUT2D eigenvalue weighted by Gasteiger charge is 2.08.